The van der Waals surface area contributed by atoms with E-state index in [9.17, 15) is 18.7 Å². The van der Waals surface area contributed by atoms with Crippen LogP contribution in [0.5, 0.6) is 0 Å². The van der Waals surface area contributed by atoms with Crippen LogP contribution in [0.2, 0.25) is 10.0 Å². The van der Waals surface area contributed by atoms with E-state index in [-0.39, 0.29) is 27.3 Å². The number of carbonyl (C=O) groups is 1. The second kappa shape index (κ2) is 8.14. The smallest absolute Gasteiger partial charge is 0.336 e. The first-order valence-corrected chi connectivity index (χ1v) is 10.2. The molecule has 0 saturated carbocycles. The number of hydrogen-bond acceptors (Lipinski definition) is 3. The molecule has 3 nitrogen and oxygen atoms in total. The van der Waals surface area contributed by atoms with E-state index in [0.717, 1.165) is 17.4 Å². The maximum Gasteiger partial charge on any atom is 0.336 e. The Balaban J connectivity index is 1.82. The summed E-state index contributed by atoms with van der Waals surface area (Å²) in [6, 6.07) is 12.8. The van der Waals surface area contributed by atoms with Gasteiger partial charge < -0.3 is 5.11 Å². The van der Waals surface area contributed by atoms with E-state index in [4.69, 9.17) is 23.2 Å². The molecule has 1 heterocycles. The zero-order valence-corrected chi connectivity index (χ0v) is 17.3. The van der Waals surface area contributed by atoms with E-state index < -0.39 is 17.6 Å². The fourth-order valence-corrected chi connectivity index (χ4v) is 4.15. The minimum absolute atomic E-state index is 0.0102. The van der Waals surface area contributed by atoms with Crippen LogP contribution in [0, 0.1) is 11.6 Å². The van der Waals surface area contributed by atoms with Crippen LogP contribution in [0.1, 0.15) is 10.4 Å². The summed E-state index contributed by atoms with van der Waals surface area (Å²) >= 11 is 13.1. The van der Waals surface area contributed by atoms with Crippen LogP contribution in [-0.2, 0) is 0 Å². The van der Waals surface area contributed by atoms with Gasteiger partial charge in [0.2, 0.25) is 0 Å². The first-order valence-electron chi connectivity index (χ1n) is 8.58. The van der Waals surface area contributed by atoms with Crippen molar-refractivity contribution in [2.24, 2.45) is 0 Å². The molecule has 150 valence electrons. The van der Waals surface area contributed by atoms with E-state index in [1.165, 1.54) is 24.3 Å². The molecule has 0 aliphatic carbocycles. The zero-order chi connectivity index (χ0) is 21.4. The third kappa shape index (κ3) is 3.81. The summed E-state index contributed by atoms with van der Waals surface area (Å²) in [5, 5.41) is 12.4. The molecule has 4 rings (SSSR count). The van der Waals surface area contributed by atoms with Crippen LogP contribution < -0.4 is 0 Å². The first kappa shape index (κ1) is 20.5. The maximum absolute atomic E-state index is 14.9. The van der Waals surface area contributed by atoms with Crippen LogP contribution >= 0.6 is 34.5 Å². The number of rotatable bonds is 4. The number of aromatic nitrogens is 1. The number of aromatic carboxylic acids is 1. The molecule has 0 fully saturated rings. The van der Waals surface area contributed by atoms with E-state index in [0.29, 0.717) is 21.3 Å². The highest BCUT2D eigenvalue weighted by molar-refractivity contribution is 7.13. The van der Waals surface area contributed by atoms with Crippen molar-refractivity contribution in [3.05, 3.63) is 87.2 Å². The quantitative estimate of drug-likeness (QED) is 0.343. The molecular formula is C22H11Cl2F2NO2S. The predicted molar refractivity (Wildman–Crippen MR) is 115 cm³/mol. The van der Waals surface area contributed by atoms with Crippen LogP contribution in [-0.4, -0.2) is 16.1 Å². The van der Waals surface area contributed by atoms with Crippen LogP contribution in [0.25, 0.3) is 33.0 Å². The summed E-state index contributed by atoms with van der Waals surface area (Å²) in [6.07, 6.45) is 0. The molecule has 0 aliphatic heterocycles. The van der Waals surface area contributed by atoms with Gasteiger partial charge in [0.25, 0.3) is 0 Å². The highest BCUT2D eigenvalue weighted by Crippen LogP contribution is 2.36. The molecule has 4 aromatic rings. The second-order valence-corrected chi connectivity index (χ2v) is 8.00. The fraction of sp³-hybridized carbons (Fsp3) is 0. The number of hydrogen-bond donors (Lipinski definition) is 1. The number of nitrogens with zero attached hydrogens (tertiary/aromatic N) is 1. The molecular weight excluding hydrogens is 451 g/mol. The van der Waals surface area contributed by atoms with E-state index in [2.05, 4.69) is 4.98 Å². The number of benzene rings is 3. The molecule has 3 aromatic carbocycles. The molecule has 0 spiro atoms. The fourth-order valence-electron chi connectivity index (χ4n) is 3.00. The van der Waals surface area contributed by atoms with Crippen molar-refractivity contribution in [3.63, 3.8) is 0 Å². The average molecular weight is 462 g/mol. The number of carboxylic acids is 1. The molecule has 0 bridgehead atoms. The van der Waals surface area contributed by atoms with Crippen molar-refractivity contribution < 1.29 is 18.7 Å². The van der Waals surface area contributed by atoms with Crippen molar-refractivity contribution in [2.45, 2.75) is 0 Å². The van der Waals surface area contributed by atoms with Crippen molar-refractivity contribution in [3.8, 4) is 33.0 Å². The molecule has 30 heavy (non-hydrogen) atoms. The summed E-state index contributed by atoms with van der Waals surface area (Å²) < 4.78 is 29.1. The normalized spacial score (nSPS) is 10.9. The molecule has 0 aliphatic rings. The van der Waals surface area contributed by atoms with Gasteiger partial charge in [0.05, 0.1) is 21.3 Å². The molecule has 0 unspecified atom stereocenters. The first-order chi connectivity index (χ1) is 14.3. The maximum atomic E-state index is 14.9. The largest absolute Gasteiger partial charge is 0.478 e. The summed E-state index contributed by atoms with van der Waals surface area (Å²) in [4.78, 5) is 16.2. The monoisotopic (exact) mass is 461 g/mol. The van der Waals surface area contributed by atoms with Gasteiger partial charge >= 0.3 is 5.97 Å². The lowest BCUT2D eigenvalue weighted by molar-refractivity contribution is 0.0697. The molecule has 8 heteroatoms. The van der Waals surface area contributed by atoms with Gasteiger partial charge in [-0.05, 0) is 30.3 Å². The van der Waals surface area contributed by atoms with Gasteiger partial charge in [-0.25, -0.2) is 18.6 Å². The van der Waals surface area contributed by atoms with Crippen molar-refractivity contribution in [1.29, 1.82) is 0 Å². The lowest BCUT2D eigenvalue weighted by atomic mass is 9.96. The zero-order valence-electron chi connectivity index (χ0n) is 15.0. The van der Waals surface area contributed by atoms with Crippen molar-refractivity contribution >= 4 is 40.5 Å². The third-order valence-corrected chi connectivity index (χ3v) is 6.07. The predicted octanol–water partition coefficient (Wildman–Crippen LogP) is 7.43. The lowest BCUT2D eigenvalue weighted by Crippen LogP contribution is -2.03. The van der Waals surface area contributed by atoms with E-state index in [1.807, 2.05) is 0 Å². The number of carboxylic acid groups (broad SMARTS) is 1. The topological polar surface area (TPSA) is 50.2 Å². The second-order valence-electron chi connectivity index (χ2n) is 6.33. The Morgan fingerprint density at radius 1 is 0.900 bits per heavy atom. The van der Waals surface area contributed by atoms with Crippen LogP contribution in [0.3, 0.4) is 0 Å². The van der Waals surface area contributed by atoms with Crippen molar-refractivity contribution in [2.75, 3.05) is 0 Å². The summed E-state index contributed by atoms with van der Waals surface area (Å²) in [7, 11) is 0. The molecule has 0 radical (unpaired) electrons. The Morgan fingerprint density at radius 2 is 1.67 bits per heavy atom. The van der Waals surface area contributed by atoms with Crippen LogP contribution in [0.15, 0.2) is 60.0 Å². The lowest BCUT2D eigenvalue weighted by Gasteiger charge is -2.10. The number of thiazole rings is 1. The minimum Gasteiger partial charge on any atom is -0.478 e. The van der Waals surface area contributed by atoms with Crippen LogP contribution in [0.4, 0.5) is 8.78 Å². The van der Waals surface area contributed by atoms with Gasteiger partial charge in [-0.1, -0.05) is 47.5 Å². The number of halogens is 4. The standard InChI is InChI=1S/C22H11Cl2F2NO2S/c23-16-6-5-11(7-17(16)24)20-10-30-21(27-20)15-8-14(22(28)29)13(9-19(15)26)12-3-1-2-4-18(12)25/h1-10H,(H,28,29). The summed E-state index contributed by atoms with van der Waals surface area (Å²) in [5.74, 6) is -2.63. The average Bonchev–Trinajstić information content (AvgIpc) is 3.20. The summed E-state index contributed by atoms with van der Waals surface area (Å²) in [5.41, 5.74) is 1.00. The van der Waals surface area contributed by atoms with Crippen molar-refractivity contribution in [1.82, 2.24) is 4.98 Å². The SMILES string of the molecule is O=C(O)c1cc(-c2nc(-c3ccc(Cl)c(Cl)c3)cs2)c(F)cc1-c1ccccc1F. The minimum atomic E-state index is -1.30. The van der Waals surface area contributed by atoms with Gasteiger partial charge in [-0.15, -0.1) is 11.3 Å². The highest BCUT2D eigenvalue weighted by atomic mass is 35.5. The van der Waals surface area contributed by atoms with Gasteiger partial charge in [0.15, 0.2) is 0 Å². The Kier molecular flexibility index (Phi) is 5.56. The molecule has 1 N–H and O–H groups in total. The van der Waals surface area contributed by atoms with Gasteiger partial charge in [-0.3, -0.25) is 0 Å². The molecule has 0 saturated heterocycles. The Bertz CT molecular complexity index is 1290. The Morgan fingerprint density at radius 3 is 2.37 bits per heavy atom. The van der Waals surface area contributed by atoms with E-state index >= 15 is 0 Å². The molecule has 0 atom stereocenters. The summed E-state index contributed by atoms with van der Waals surface area (Å²) in [6.45, 7) is 0. The van der Waals surface area contributed by atoms with E-state index in [1.54, 1.807) is 29.6 Å². The Hall–Kier alpha value is -2.80. The highest BCUT2D eigenvalue weighted by Gasteiger charge is 2.21. The van der Waals surface area contributed by atoms with Gasteiger partial charge in [-0.2, -0.15) is 0 Å². The molecule has 1 aromatic heterocycles. The van der Waals surface area contributed by atoms with Gasteiger partial charge in [0.1, 0.15) is 16.6 Å². The molecule has 0 amide bonds. The van der Waals surface area contributed by atoms with Gasteiger partial charge in [0, 0.05) is 27.6 Å². The Labute approximate surface area is 184 Å². The third-order valence-electron chi connectivity index (χ3n) is 4.45.